The second-order valence-electron chi connectivity index (χ2n) is 4.44. The third-order valence-corrected chi connectivity index (χ3v) is 2.98. The number of ether oxygens (including phenoxy) is 1. The topological polar surface area (TPSA) is 77.2 Å². The van der Waals surface area contributed by atoms with Crippen LogP contribution < -0.4 is 15.8 Å². The molecule has 0 radical (unpaired) electrons. The zero-order chi connectivity index (χ0) is 14.5. The molecule has 3 N–H and O–H groups in total. The number of amides is 1. The third kappa shape index (κ3) is 3.26. The summed E-state index contributed by atoms with van der Waals surface area (Å²) in [6.07, 6.45) is 1.52. The number of hydrogen-bond acceptors (Lipinski definition) is 4. The maximum absolute atomic E-state index is 12.0. The second-order valence-corrected chi connectivity index (χ2v) is 4.44. The van der Waals surface area contributed by atoms with E-state index in [1.807, 2.05) is 31.2 Å². The van der Waals surface area contributed by atoms with E-state index in [9.17, 15) is 4.79 Å². The van der Waals surface area contributed by atoms with Crippen LogP contribution in [0, 0.1) is 0 Å². The van der Waals surface area contributed by atoms with E-state index in [2.05, 4.69) is 10.3 Å². The van der Waals surface area contributed by atoms with Gasteiger partial charge in [0.05, 0.1) is 13.2 Å². The van der Waals surface area contributed by atoms with Gasteiger partial charge < -0.3 is 15.8 Å². The Balaban J connectivity index is 2.06. The van der Waals surface area contributed by atoms with Crippen LogP contribution in [0.4, 0.5) is 5.69 Å². The van der Waals surface area contributed by atoms with Gasteiger partial charge in [0.2, 0.25) is 0 Å². The molecule has 0 saturated carbocycles. The quantitative estimate of drug-likeness (QED) is 0.893. The van der Waals surface area contributed by atoms with Gasteiger partial charge in [-0.25, -0.2) is 0 Å². The second kappa shape index (κ2) is 6.06. The summed E-state index contributed by atoms with van der Waals surface area (Å²) >= 11 is 0. The molecule has 0 saturated heterocycles. The molecule has 1 aromatic carbocycles. The van der Waals surface area contributed by atoms with Crippen molar-refractivity contribution in [2.75, 3.05) is 12.8 Å². The summed E-state index contributed by atoms with van der Waals surface area (Å²) in [5.74, 6) is 0.533. The average molecular weight is 271 g/mol. The number of benzene rings is 1. The highest BCUT2D eigenvalue weighted by Crippen LogP contribution is 2.17. The highest BCUT2D eigenvalue weighted by Gasteiger charge is 2.12. The highest BCUT2D eigenvalue weighted by atomic mass is 16.5. The predicted molar refractivity (Wildman–Crippen MR) is 77.5 cm³/mol. The summed E-state index contributed by atoms with van der Waals surface area (Å²) < 4.78 is 5.10. The first-order valence-corrected chi connectivity index (χ1v) is 6.26. The fourth-order valence-corrected chi connectivity index (χ4v) is 1.82. The van der Waals surface area contributed by atoms with Gasteiger partial charge in [-0.2, -0.15) is 0 Å². The van der Waals surface area contributed by atoms with E-state index in [1.165, 1.54) is 6.20 Å². The van der Waals surface area contributed by atoms with E-state index in [1.54, 1.807) is 19.2 Å². The minimum absolute atomic E-state index is 0.128. The average Bonchev–Trinajstić information content (AvgIpc) is 2.47. The van der Waals surface area contributed by atoms with Crippen molar-refractivity contribution < 1.29 is 9.53 Å². The Morgan fingerprint density at radius 3 is 2.60 bits per heavy atom. The molecule has 1 aromatic heterocycles. The maximum Gasteiger partial charge on any atom is 0.270 e. The number of anilines is 1. The molecule has 20 heavy (non-hydrogen) atoms. The number of carbonyl (C=O) groups excluding carboxylic acids is 1. The number of carbonyl (C=O) groups is 1. The summed E-state index contributed by atoms with van der Waals surface area (Å²) in [5, 5.41) is 2.88. The van der Waals surface area contributed by atoms with Crippen molar-refractivity contribution in [2.24, 2.45) is 0 Å². The van der Waals surface area contributed by atoms with Crippen LogP contribution in [0.15, 0.2) is 42.6 Å². The summed E-state index contributed by atoms with van der Waals surface area (Å²) in [6, 6.07) is 10.6. The van der Waals surface area contributed by atoms with E-state index in [0.29, 0.717) is 11.4 Å². The van der Waals surface area contributed by atoms with Crippen LogP contribution >= 0.6 is 0 Å². The number of hydrogen-bond donors (Lipinski definition) is 2. The van der Waals surface area contributed by atoms with Gasteiger partial charge in [-0.3, -0.25) is 9.78 Å². The van der Waals surface area contributed by atoms with Gasteiger partial charge in [0.25, 0.3) is 5.91 Å². The van der Waals surface area contributed by atoms with Crippen LogP contribution in [-0.2, 0) is 0 Å². The van der Waals surface area contributed by atoms with Crippen LogP contribution in [0.1, 0.15) is 29.0 Å². The fraction of sp³-hybridized carbons (Fsp3) is 0.200. The van der Waals surface area contributed by atoms with Crippen molar-refractivity contribution in [3.63, 3.8) is 0 Å². The number of nitrogens with zero attached hydrogens (tertiary/aromatic N) is 1. The summed E-state index contributed by atoms with van der Waals surface area (Å²) in [7, 11) is 1.62. The molecular formula is C15H17N3O2. The van der Waals surface area contributed by atoms with Crippen LogP contribution in [0.5, 0.6) is 5.75 Å². The van der Waals surface area contributed by atoms with Crippen molar-refractivity contribution in [3.05, 3.63) is 53.9 Å². The maximum atomic E-state index is 12.0. The van der Waals surface area contributed by atoms with Crippen molar-refractivity contribution >= 4 is 11.6 Å². The van der Waals surface area contributed by atoms with Gasteiger partial charge >= 0.3 is 0 Å². The third-order valence-electron chi connectivity index (χ3n) is 2.98. The lowest BCUT2D eigenvalue weighted by atomic mass is 10.1. The van der Waals surface area contributed by atoms with E-state index in [4.69, 9.17) is 10.5 Å². The molecule has 5 nitrogen and oxygen atoms in total. The molecule has 0 aliphatic carbocycles. The first-order chi connectivity index (χ1) is 9.60. The van der Waals surface area contributed by atoms with E-state index in [-0.39, 0.29) is 11.9 Å². The Kier molecular flexibility index (Phi) is 4.20. The zero-order valence-electron chi connectivity index (χ0n) is 11.5. The lowest BCUT2D eigenvalue weighted by Gasteiger charge is -2.14. The van der Waals surface area contributed by atoms with Crippen LogP contribution in [-0.4, -0.2) is 18.0 Å². The number of aromatic nitrogens is 1. The molecule has 0 bridgehead atoms. The van der Waals surface area contributed by atoms with E-state index in [0.717, 1.165) is 11.3 Å². The predicted octanol–water partition coefficient (Wildman–Crippen LogP) is 2.16. The Morgan fingerprint density at radius 1 is 1.30 bits per heavy atom. The van der Waals surface area contributed by atoms with E-state index < -0.39 is 0 Å². The summed E-state index contributed by atoms with van der Waals surface area (Å²) in [5.41, 5.74) is 7.45. The molecule has 1 amide bonds. The number of rotatable bonds is 4. The monoisotopic (exact) mass is 271 g/mol. The highest BCUT2D eigenvalue weighted by molar-refractivity contribution is 5.93. The molecule has 0 aliphatic heterocycles. The standard InChI is InChI=1S/C15H17N3O2/c1-10(11-3-5-13(20-2)6-4-11)18-15(19)14-9-12(16)7-8-17-14/h3-10H,1-2H3,(H2,16,17)(H,18,19). The van der Waals surface area contributed by atoms with E-state index >= 15 is 0 Å². The Morgan fingerprint density at radius 2 is 2.00 bits per heavy atom. The van der Waals surface area contributed by atoms with Gasteiger partial charge in [0.15, 0.2) is 0 Å². The fourth-order valence-electron chi connectivity index (χ4n) is 1.82. The van der Waals surface area contributed by atoms with Crippen molar-refractivity contribution in [1.82, 2.24) is 10.3 Å². The van der Waals surface area contributed by atoms with Crippen LogP contribution in [0.3, 0.4) is 0 Å². The number of nitrogens with two attached hydrogens (primary N) is 1. The summed E-state index contributed by atoms with van der Waals surface area (Å²) in [4.78, 5) is 16.1. The number of nitrogen functional groups attached to an aromatic ring is 1. The molecule has 0 aliphatic rings. The van der Waals surface area contributed by atoms with Gasteiger partial charge in [-0.15, -0.1) is 0 Å². The SMILES string of the molecule is COc1ccc(C(C)NC(=O)c2cc(N)ccn2)cc1. The number of pyridine rings is 1. The molecule has 1 unspecified atom stereocenters. The zero-order valence-corrected chi connectivity index (χ0v) is 11.5. The minimum atomic E-state index is -0.249. The molecule has 5 heteroatoms. The Hall–Kier alpha value is -2.56. The molecule has 104 valence electrons. The van der Waals surface area contributed by atoms with Gasteiger partial charge in [0, 0.05) is 11.9 Å². The molecule has 0 spiro atoms. The molecule has 1 heterocycles. The molecular weight excluding hydrogens is 254 g/mol. The Labute approximate surface area is 117 Å². The van der Waals surface area contributed by atoms with Gasteiger partial charge in [0.1, 0.15) is 11.4 Å². The van der Waals surface area contributed by atoms with Crippen molar-refractivity contribution in [3.8, 4) is 5.75 Å². The minimum Gasteiger partial charge on any atom is -0.497 e. The normalized spacial score (nSPS) is 11.7. The van der Waals surface area contributed by atoms with Gasteiger partial charge in [-0.05, 0) is 36.8 Å². The summed E-state index contributed by atoms with van der Waals surface area (Å²) in [6.45, 7) is 1.91. The lowest BCUT2D eigenvalue weighted by molar-refractivity contribution is 0.0935. The number of nitrogens with one attached hydrogen (secondary N) is 1. The largest absolute Gasteiger partial charge is 0.497 e. The van der Waals surface area contributed by atoms with Crippen molar-refractivity contribution in [2.45, 2.75) is 13.0 Å². The molecule has 1 atom stereocenters. The lowest BCUT2D eigenvalue weighted by Crippen LogP contribution is -2.27. The first kappa shape index (κ1) is 13.9. The molecule has 2 aromatic rings. The van der Waals surface area contributed by atoms with Crippen molar-refractivity contribution in [1.29, 1.82) is 0 Å². The Bertz CT molecular complexity index is 596. The molecule has 2 rings (SSSR count). The van der Waals surface area contributed by atoms with Crippen LogP contribution in [0.25, 0.3) is 0 Å². The van der Waals surface area contributed by atoms with Crippen LogP contribution in [0.2, 0.25) is 0 Å². The number of methoxy groups -OCH3 is 1. The molecule has 0 fully saturated rings. The van der Waals surface area contributed by atoms with Gasteiger partial charge in [-0.1, -0.05) is 12.1 Å². The smallest absolute Gasteiger partial charge is 0.270 e. The first-order valence-electron chi connectivity index (χ1n) is 6.26.